The summed E-state index contributed by atoms with van der Waals surface area (Å²) in [6.45, 7) is 4.08. The molecule has 2 aromatic carbocycles. The van der Waals surface area contributed by atoms with Gasteiger partial charge in [-0.15, -0.1) is 11.3 Å². The number of nitrogens with one attached hydrogen (secondary N) is 2. The zero-order valence-electron chi connectivity index (χ0n) is 16.4. The zero-order valence-corrected chi connectivity index (χ0v) is 18.9. The molecule has 1 atom stereocenters. The molecular weight excluding hydrogens is 426 g/mol. The molecule has 3 rings (SSSR count). The van der Waals surface area contributed by atoms with Crippen molar-refractivity contribution >= 4 is 54.9 Å². The van der Waals surface area contributed by atoms with Crippen LogP contribution in [0.1, 0.15) is 31.0 Å². The Bertz CT molecular complexity index is 1110. The van der Waals surface area contributed by atoms with Crippen molar-refractivity contribution in [2.45, 2.75) is 30.6 Å². The first-order valence-electron chi connectivity index (χ1n) is 9.13. The molecule has 0 aliphatic rings. The summed E-state index contributed by atoms with van der Waals surface area (Å²) in [5.41, 5.74) is 3.63. The van der Waals surface area contributed by atoms with Crippen molar-refractivity contribution in [1.82, 2.24) is 10.3 Å². The molecule has 0 radical (unpaired) electrons. The Kier molecular flexibility index (Phi) is 6.81. The molecule has 29 heavy (non-hydrogen) atoms. The average molecular weight is 450 g/mol. The predicted molar refractivity (Wildman–Crippen MR) is 121 cm³/mol. The number of carbonyl (C=O) groups is 1. The van der Waals surface area contributed by atoms with Crippen molar-refractivity contribution in [3.05, 3.63) is 53.6 Å². The van der Waals surface area contributed by atoms with Crippen molar-refractivity contribution in [2.75, 3.05) is 16.7 Å². The maximum absolute atomic E-state index is 12.3. The number of benzene rings is 2. The summed E-state index contributed by atoms with van der Waals surface area (Å²) in [6, 6.07) is 13.4. The lowest BCUT2D eigenvalue weighted by Crippen LogP contribution is -2.28. The molecule has 2 N–H and O–H groups in total. The number of rotatable bonds is 8. The number of fused-ring (bicyclic) bond motifs is 1. The molecular formula is C20H23N3O3S3. The quantitative estimate of drug-likeness (QED) is 0.503. The Morgan fingerprint density at radius 2 is 1.93 bits per heavy atom. The number of sulfonamides is 1. The number of aromatic nitrogens is 1. The first-order chi connectivity index (χ1) is 13.7. The minimum atomic E-state index is -3.32. The van der Waals surface area contributed by atoms with Gasteiger partial charge in [-0.05, 0) is 42.7 Å². The van der Waals surface area contributed by atoms with E-state index >= 15 is 0 Å². The fourth-order valence-corrected chi connectivity index (χ4v) is 5.25. The Hall–Kier alpha value is -2.10. The van der Waals surface area contributed by atoms with Crippen molar-refractivity contribution in [2.24, 2.45) is 0 Å². The number of aryl methyl sites for hydroxylation is 1. The molecule has 9 heteroatoms. The lowest BCUT2D eigenvalue weighted by atomic mass is 10.1. The smallest absolute Gasteiger partial charge is 0.230 e. The second kappa shape index (κ2) is 9.15. The molecule has 1 aromatic heterocycles. The molecule has 0 aliphatic heterocycles. The first kappa shape index (κ1) is 21.6. The van der Waals surface area contributed by atoms with Crippen molar-refractivity contribution in [3.63, 3.8) is 0 Å². The van der Waals surface area contributed by atoms with Gasteiger partial charge < -0.3 is 5.32 Å². The maximum Gasteiger partial charge on any atom is 0.230 e. The van der Waals surface area contributed by atoms with Gasteiger partial charge in [0.15, 0.2) is 4.34 Å². The van der Waals surface area contributed by atoms with E-state index in [9.17, 15) is 13.2 Å². The molecule has 3 aromatic rings. The van der Waals surface area contributed by atoms with E-state index in [0.717, 1.165) is 32.8 Å². The fraction of sp³-hybridized carbons (Fsp3) is 0.300. The van der Waals surface area contributed by atoms with Crippen LogP contribution in [0.5, 0.6) is 0 Å². The van der Waals surface area contributed by atoms with Crippen molar-refractivity contribution < 1.29 is 13.2 Å². The molecule has 1 heterocycles. The van der Waals surface area contributed by atoms with E-state index in [1.165, 1.54) is 28.7 Å². The third kappa shape index (κ3) is 6.19. The molecule has 154 valence electrons. The standard InChI is InChI=1S/C20H23N3O3S3/c1-4-14-5-7-15(8-6-14)13(2)21-19(24)12-27-20-22-17-10-9-16(11-18(17)28-20)23-29(3,25)26/h5-11,13,23H,4,12H2,1-3H3,(H,21,24). The number of carbonyl (C=O) groups excluding carboxylic acids is 1. The van der Waals surface area contributed by atoms with Gasteiger partial charge in [0.05, 0.1) is 34.0 Å². The molecule has 1 unspecified atom stereocenters. The number of thioether (sulfide) groups is 1. The number of hydrogen-bond acceptors (Lipinski definition) is 6. The van der Waals surface area contributed by atoms with Crippen LogP contribution in [0, 0.1) is 0 Å². The second-order valence-electron chi connectivity index (χ2n) is 6.71. The van der Waals surface area contributed by atoms with Crippen LogP contribution in [0.2, 0.25) is 0 Å². The van der Waals surface area contributed by atoms with E-state index in [2.05, 4.69) is 34.1 Å². The van der Waals surface area contributed by atoms with E-state index in [4.69, 9.17) is 0 Å². The average Bonchev–Trinajstić information content (AvgIpc) is 3.07. The molecule has 0 saturated heterocycles. The molecule has 0 fully saturated rings. The molecule has 0 bridgehead atoms. The van der Waals surface area contributed by atoms with E-state index in [-0.39, 0.29) is 17.7 Å². The Morgan fingerprint density at radius 1 is 1.21 bits per heavy atom. The van der Waals surface area contributed by atoms with Gasteiger partial charge in [0.2, 0.25) is 15.9 Å². The highest BCUT2D eigenvalue weighted by Gasteiger charge is 2.12. The van der Waals surface area contributed by atoms with Gasteiger partial charge in [0.25, 0.3) is 0 Å². The van der Waals surface area contributed by atoms with E-state index in [1.54, 1.807) is 18.2 Å². The summed E-state index contributed by atoms with van der Waals surface area (Å²) < 4.78 is 26.8. The SMILES string of the molecule is CCc1ccc(C(C)NC(=O)CSc2nc3ccc(NS(C)(=O)=O)cc3s2)cc1. The highest BCUT2D eigenvalue weighted by molar-refractivity contribution is 8.01. The summed E-state index contributed by atoms with van der Waals surface area (Å²) in [7, 11) is -3.32. The van der Waals surface area contributed by atoms with Gasteiger partial charge >= 0.3 is 0 Å². The summed E-state index contributed by atoms with van der Waals surface area (Å²) >= 11 is 2.81. The number of hydrogen-bond donors (Lipinski definition) is 2. The maximum atomic E-state index is 12.3. The Labute approximate surface area is 179 Å². The van der Waals surface area contributed by atoms with Gasteiger partial charge in [-0.3, -0.25) is 9.52 Å². The van der Waals surface area contributed by atoms with Gasteiger partial charge in [-0.25, -0.2) is 13.4 Å². The lowest BCUT2D eigenvalue weighted by Gasteiger charge is -2.14. The minimum Gasteiger partial charge on any atom is -0.349 e. The Morgan fingerprint density at radius 3 is 2.59 bits per heavy atom. The third-order valence-corrected chi connectivity index (χ3v) is 7.03. The van der Waals surface area contributed by atoms with E-state index in [1.807, 2.05) is 19.1 Å². The summed E-state index contributed by atoms with van der Waals surface area (Å²) in [6.07, 6.45) is 2.11. The van der Waals surface area contributed by atoms with Crippen LogP contribution < -0.4 is 10.0 Å². The Balaban J connectivity index is 1.58. The third-order valence-electron chi connectivity index (χ3n) is 4.26. The summed E-state index contributed by atoms with van der Waals surface area (Å²) in [5.74, 6) is 0.215. The predicted octanol–water partition coefficient (Wildman–Crippen LogP) is 4.20. The molecule has 0 saturated carbocycles. The van der Waals surface area contributed by atoms with Crippen LogP contribution in [0.25, 0.3) is 10.2 Å². The number of thiazole rings is 1. The van der Waals surface area contributed by atoms with Crippen LogP contribution in [0.4, 0.5) is 5.69 Å². The highest BCUT2D eigenvalue weighted by Crippen LogP contribution is 2.31. The normalized spacial score (nSPS) is 12.7. The molecule has 0 spiro atoms. The van der Waals surface area contributed by atoms with Crippen LogP contribution in [-0.2, 0) is 21.2 Å². The van der Waals surface area contributed by atoms with E-state index < -0.39 is 10.0 Å². The van der Waals surface area contributed by atoms with Gasteiger partial charge in [0.1, 0.15) is 0 Å². The van der Waals surface area contributed by atoms with Crippen LogP contribution in [-0.4, -0.2) is 31.3 Å². The lowest BCUT2D eigenvalue weighted by molar-refractivity contribution is -0.119. The van der Waals surface area contributed by atoms with Gasteiger partial charge in [-0.1, -0.05) is 43.0 Å². The first-order valence-corrected chi connectivity index (χ1v) is 12.8. The zero-order chi connectivity index (χ0) is 21.0. The summed E-state index contributed by atoms with van der Waals surface area (Å²) in [4.78, 5) is 16.8. The number of nitrogens with zero attached hydrogens (tertiary/aromatic N) is 1. The van der Waals surface area contributed by atoms with E-state index in [0.29, 0.717) is 5.69 Å². The van der Waals surface area contributed by atoms with Crippen LogP contribution in [0.15, 0.2) is 46.8 Å². The van der Waals surface area contributed by atoms with Crippen molar-refractivity contribution in [3.8, 4) is 0 Å². The molecule has 0 aliphatic carbocycles. The topological polar surface area (TPSA) is 88.2 Å². The van der Waals surface area contributed by atoms with Crippen molar-refractivity contribution in [1.29, 1.82) is 0 Å². The van der Waals surface area contributed by atoms with Crippen LogP contribution in [0.3, 0.4) is 0 Å². The molecule has 6 nitrogen and oxygen atoms in total. The van der Waals surface area contributed by atoms with Crippen LogP contribution >= 0.6 is 23.1 Å². The minimum absolute atomic E-state index is 0.0549. The van der Waals surface area contributed by atoms with Gasteiger partial charge in [-0.2, -0.15) is 0 Å². The monoisotopic (exact) mass is 449 g/mol. The second-order valence-corrected chi connectivity index (χ2v) is 10.7. The molecule has 1 amide bonds. The van der Waals surface area contributed by atoms with Gasteiger partial charge in [0, 0.05) is 0 Å². The highest BCUT2D eigenvalue weighted by atomic mass is 32.2. The summed E-state index contributed by atoms with van der Waals surface area (Å²) in [5, 5.41) is 3.01. The largest absolute Gasteiger partial charge is 0.349 e. The number of amides is 1. The number of anilines is 1. The fourth-order valence-electron chi connectivity index (χ4n) is 2.78.